The summed E-state index contributed by atoms with van der Waals surface area (Å²) in [5.41, 5.74) is -0.479. The van der Waals surface area contributed by atoms with Crippen molar-refractivity contribution >= 4 is 5.97 Å². The summed E-state index contributed by atoms with van der Waals surface area (Å²) < 4.78 is 17.6. The van der Waals surface area contributed by atoms with Crippen molar-refractivity contribution in [2.45, 2.75) is 6.92 Å². The van der Waals surface area contributed by atoms with Crippen LogP contribution in [-0.4, -0.2) is 17.6 Å². The maximum atomic E-state index is 13.0. The molecule has 72 valence electrons. The van der Waals surface area contributed by atoms with E-state index in [0.717, 1.165) is 6.20 Å². The molecule has 0 saturated carbocycles. The molecule has 0 bridgehead atoms. The van der Waals surface area contributed by atoms with Crippen LogP contribution < -0.4 is 0 Å². The van der Waals surface area contributed by atoms with Crippen molar-refractivity contribution in [2.24, 2.45) is 0 Å². The van der Waals surface area contributed by atoms with E-state index < -0.39 is 17.5 Å². The zero-order valence-corrected chi connectivity index (χ0v) is 7.45. The van der Waals surface area contributed by atoms with Gasteiger partial charge in [-0.25, -0.2) is 9.78 Å². The van der Waals surface area contributed by atoms with Crippen molar-refractivity contribution in [3.05, 3.63) is 29.3 Å². The summed E-state index contributed by atoms with van der Waals surface area (Å²) in [6.07, 6.45) is 1.12. The third-order valence-electron chi connectivity index (χ3n) is 1.50. The molecule has 0 spiro atoms. The molecule has 0 aliphatic carbocycles. The Balaban J connectivity index is 3.18. The van der Waals surface area contributed by atoms with Gasteiger partial charge in [-0.15, -0.1) is 0 Å². The lowest BCUT2D eigenvalue weighted by molar-refractivity contribution is 0.0519. The molecule has 5 heteroatoms. The zero-order valence-electron chi connectivity index (χ0n) is 7.45. The number of hydrogen-bond acceptors (Lipinski definition) is 4. The molecule has 14 heavy (non-hydrogen) atoms. The van der Waals surface area contributed by atoms with Gasteiger partial charge >= 0.3 is 5.97 Å². The van der Waals surface area contributed by atoms with Crippen molar-refractivity contribution < 1.29 is 13.9 Å². The van der Waals surface area contributed by atoms with E-state index in [4.69, 9.17) is 5.26 Å². The lowest BCUT2D eigenvalue weighted by atomic mass is 10.1. The first-order valence-corrected chi connectivity index (χ1v) is 3.92. The molecule has 0 fully saturated rings. The molecule has 0 saturated heterocycles. The number of esters is 1. The monoisotopic (exact) mass is 194 g/mol. The molecule has 0 radical (unpaired) electrons. The number of pyridine rings is 1. The second kappa shape index (κ2) is 4.33. The van der Waals surface area contributed by atoms with Gasteiger partial charge < -0.3 is 4.74 Å². The molecule has 4 nitrogen and oxygen atoms in total. The van der Waals surface area contributed by atoms with E-state index in [0.29, 0.717) is 0 Å². The Hall–Kier alpha value is -1.96. The molecule has 0 atom stereocenters. The molecule has 0 aliphatic rings. The summed E-state index contributed by atoms with van der Waals surface area (Å²) in [5.74, 6) is -1.85. The lowest BCUT2D eigenvalue weighted by Gasteiger charge is -2.03. The molecule has 0 amide bonds. The summed E-state index contributed by atoms with van der Waals surface area (Å²) in [5, 5.41) is 8.61. The first-order chi connectivity index (χ1) is 6.70. The number of halogens is 1. The van der Waals surface area contributed by atoms with Crippen LogP contribution in [0.25, 0.3) is 0 Å². The SMILES string of the molecule is CCOC(=O)c1c(C#N)ccnc1F. The van der Waals surface area contributed by atoms with Crippen molar-refractivity contribution in [3.8, 4) is 6.07 Å². The molecule has 0 aliphatic heterocycles. The summed E-state index contributed by atoms with van der Waals surface area (Å²) in [4.78, 5) is 14.5. The number of aromatic nitrogens is 1. The Labute approximate surface area is 79.9 Å². The molecule has 1 rings (SSSR count). The van der Waals surface area contributed by atoms with Gasteiger partial charge in [-0.2, -0.15) is 9.65 Å². The van der Waals surface area contributed by atoms with Crippen LogP contribution in [0.2, 0.25) is 0 Å². The van der Waals surface area contributed by atoms with Crippen LogP contribution in [0.4, 0.5) is 4.39 Å². The van der Waals surface area contributed by atoms with Crippen LogP contribution in [-0.2, 0) is 4.74 Å². The van der Waals surface area contributed by atoms with Gasteiger partial charge in [0.15, 0.2) is 0 Å². The molecular formula is C9H7FN2O2. The van der Waals surface area contributed by atoms with Gasteiger partial charge in [0.2, 0.25) is 5.95 Å². The minimum absolute atomic E-state index is 0.0732. The average Bonchev–Trinajstić information content (AvgIpc) is 2.17. The van der Waals surface area contributed by atoms with E-state index >= 15 is 0 Å². The van der Waals surface area contributed by atoms with E-state index in [1.54, 1.807) is 13.0 Å². The van der Waals surface area contributed by atoms with Crippen molar-refractivity contribution in [1.29, 1.82) is 5.26 Å². The summed E-state index contributed by atoms with van der Waals surface area (Å²) in [6, 6.07) is 2.95. The Morgan fingerprint density at radius 1 is 1.79 bits per heavy atom. The second-order valence-electron chi connectivity index (χ2n) is 2.36. The minimum atomic E-state index is -0.984. The Bertz CT molecular complexity index is 398. The second-order valence-corrected chi connectivity index (χ2v) is 2.36. The van der Waals surface area contributed by atoms with Crippen LogP contribution in [0.3, 0.4) is 0 Å². The zero-order chi connectivity index (χ0) is 10.6. The van der Waals surface area contributed by atoms with E-state index in [1.807, 2.05) is 0 Å². The van der Waals surface area contributed by atoms with Crippen LogP contribution in [0.5, 0.6) is 0 Å². The van der Waals surface area contributed by atoms with Crippen LogP contribution in [0.15, 0.2) is 12.3 Å². The Kier molecular flexibility index (Phi) is 3.13. The molecule has 1 heterocycles. The average molecular weight is 194 g/mol. The highest BCUT2D eigenvalue weighted by Crippen LogP contribution is 2.11. The molecule has 0 unspecified atom stereocenters. The van der Waals surface area contributed by atoms with Gasteiger partial charge in [-0.1, -0.05) is 0 Å². The Morgan fingerprint density at radius 3 is 3.07 bits per heavy atom. The third kappa shape index (κ3) is 1.85. The lowest BCUT2D eigenvalue weighted by Crippen LogP contribution is -2.10. The van der Waals surface area contributed by atoms with Gasteiger partial charge in [-0.05, 0) is 13.0 Å². The molecule has 0 N–H and O–H groups in total. The van der Waals surface area contributed by atoms with Crippen molar-refractivity contribution in [3.63, 3.8) is 0 Å². The number of rotatable bonds is 2. The summed E-state index contributed by atoms with van der Waals surface area (Å²) in [7, 11) is 0. The molecule has 1 aromatic heterocycles. The van der Waals surface area contributed by atoms with Crippen LogP contribution in [0, 0.1) is 17.3 Å². The van der Waals surface area contributed by atoms with Crippen molar-refractivity contribution in [1.82, 2.24) is 4.98 Å². The maximum Gasteiger partial charge on any atom is 0.344 e. The number of nitriles is 1. The van der Waals surface area contributed by atoms with Gasteiger partial charge in [0.05, 0.1) is 12.2 Å². The molecule has 0 aromatic carbocycles. The highest BCUT2D eigenvalue weighted by atomic mass is 19.1. The predicted octanol–water partition coefficient (Wildman–Crippen LogP) is 1.27. The topological polar surface area (TPSA) is 63.0 Å². The number of ether oxygens (including phenoxy) is 1. The highest BCUT2D eigenvalue weighted by Gasteiger charge is 2.18. The van der Waals surface area contributed by atoms with Gasteiger partial charge in [0.25, 0.3) is 0 Å². The van der Waals surface area contributed by atoms with Gasteiger partial charge in [0, 0.05) is 6.20 Å². The first kappa shape index (κ1) is 10.1. The van der Waals surface area contributed by atoms with Gasteiger partial charge in [-0.3, -0.25) is 0 Å². The minimum Gasteiger partial charge on any atom is -0.462 e. The normalized spacial score (nSPS) is 9.21. The molecule has 1 aromatic rings. The van der Waals surface area contributed by atoms with Crippen LogP contribution in [0.1, 0.15) is 22.8 Å². The first-order valence-electron chi connectivity index (χ1n) is 3.92. The fourth-order valence-corrected chi connectivity index (χ4v) is 0.927. The summed E-state index contributed by atoms with van der Waals surface area (Å²) >= 11 is 0. The smallest absolute Gasteiger partial charge is 0.344 e. The number of carbonyl (C=O) groups excluding carboxylic acids is 1. The van der Waals surface area contributed by atoms with E-state index in [1.165, 1.54) is 6.07 Å². The van der Waals surface area contributed by atoms with Gasteiger partial charge in [0.1, 0.15) is 11.6 Å². The van der Waals surface area contributed by atoms with E-state index in [-0.39, 0.29) is 12.2 Å². The number of carbonyl (C=O) groups is 1. The maximum absolute atomic E-state index is 13.0. The standard InChI is InChI=1S/C9H7FN2O2/c1-2-14-9(13)7-6(5-11)3-4-12-8(7)10/h3-4H,2H2,1H3. The predicted molar refractivity (Wildman–Crippen MR) is 44.9 cm³/mol. The van der Waals surface area contributed by atoms with Crippen LogP contribution >= 0.6 is 0 Å². The fraction of sp³-hybridized carbons (Fsp3) is 0.222. The van der Waals surface area contributed by atoms with E-state index in [9.17, 15) is 9.18 Å². The Morgan fingerprint density at radius 2 is 2.50 bits per heavy atom. The van der Waals surface area contributed by atoms with E-state index in [2.05, 4.69) is 9.72 Å². The third-order valence-corrected chi connectivity index (χ3v) is 1.50. The number of nitrogens with zero attached hydrogens (tertiary/aromatic N) is 2. The quantitative estimate of drug-likeness (QED) is 0.525. The van der Waals surface area contributed by atoms with Crippen molar-refractivity contribution in [2.75, 3.05) is 6.61 Å². The molecular weight excluding hydrogens is 187 g/mol. The highest BCUT2D eigenvalue weighted by molar-refractivity contribution is 5.92. The fourth-order valence-electron chi connectivity index (χ4n) is 0.927. The largest absolute Gasteiger partial charge is 0.462 e. The number of hydrogen-bond donors (Lipinski definition) is 0. The summed E-state index contributed by atoms with van der Waals surface area (Å²) in [6.45, 7) is 1.72.